The Morgan fingerprint density at radius 2 is 2.04 bits per heavy atom. The van der Waals surface area contributed by atoms with Gasteiger partial charge in [0, 0.05) is 27.1 Å². The summed E-state index contributed by atoms with van der Waals surface area (Å²) in [5.41, 5.74) is 7.56. The zero-order valence-corrected chi connectivity index (χ0v) is 16.3. The Bertz CT molecular complexity index is 877. The second-order valence-corrected chi connectivity index (χ2v) is 8.52. The average molecular weight is 422 g/mol. The molecule has 3 aromatic rings. The van der Waals surface area contributed by atoms with E-state index in [9.17, 15) is 4.79 Å². The number of aromatic nitrogens is 2. The highest BCUT2D eigenvalue weighted by atomic mass is 79.9. The molecule has 0 bridgehead atoms. The van der Waals surface area contributed by atoms with Crippen molar-refractivity contribution in [2.75, 3.05) is 5.75 Å². The van der Waals surface area contributed by atoms with E-state index in [0.717, 1.165) is 37.5 Å². The molecule has 0 aliphatic rings. The normalized spacial score (nSPS) is 11.1. The summed E-state index contributed by atoms with van der Waals surface area (Å²) >= 11 is 6.82. The van der Waals surface area contributed by atoms with E-state index in [1.54, 1.807) is 29.4 Å². The first-order valence-corrected chi connectivity index (χ1v) is 10.1. The molecule has 0 aliphatic carbocycles. The van der Waals surface area contributed by atoms with Crippen LogP contribution >= 0.6 is 39.0 Å². The SMILES string of the molecule is Cc1sc2ncnc(SCCCC(N)=O)c2c1-c1ccc(Br)cc1. The highest BCUT2D eigenvalue weighted by molar-refractivity contribution is 9.10. The molecule has 0 radical (unpaired) electrons. The molecule has 2 aromatic heterocycles. The Hall–Kier alpha value is -1.44. The Morgan fingerprint density at radius 1 is 1.29 bits per heavy atom. The number of halogens is 1. The summed E-state index contributed by atoms with van der Waals surface area (Å²) in [6.07, 6.45) is 2.77. The van der Waals surface area contributed by atoms with Crippen LogP contribution in [0.5, 0.6) is 0 Å². The van der Waals surface area contributed by atoms with Gasteiger partial charge in [0.05, 0.1) is 5.39 Å². The number of benzene rings is 1. The van der Waals surface area contributed by atoms with Crippen LogP contribution in [0.3, 0.4) is 0 Å². The van der Waals surface area contributed by atoms with Crippen LogP contribution in [0, 0.1) is 6.92 Å². The van der Waals surface area contributed by atoms with Crippen molar-refractivity contribution < 1.29 is 4.79 Å². The number of carbonyl (C=O) groups is 1. The Kier molecular flexibility index (Phi) is 5.53. The molecule has 2 heterocycles. The van der Waals surface area contributed by atoms with Gasteiger partial charge in [-0.3, -0.25) is 4.79 Å². The van der Waals surface area contributed by atoms with Crippen LogP contribution in [0.2, 0.25) is 0 Å². The zero-order valence-electron chi connectivity index (χ0n) is 13.1. The van der Waals surface area contributed by atoms with Crippen molar-refractivity contribution in [3.63, 3.8) is 0 Å². The summed E-state index contributed by atoms with van der Waals surface area (Å²) in [5.74, 6) is 0.550. The molecule has 124 valence electrons. The summed E-state index contributed by atoms with van der Waals surface area (Å²) < 4.78 is 1.06. The molecule has 7 heteroatoms. The topological polar surface area (TPSA) is 68.9 Å². The van der Waals surface area contributed by atoms with Crippen LogP contribution in [0.1, 0.15) is 17.7 Å². The number of thioether (sulfide) groups is 1. The first-order chi connectivity index (χ1) is 11.6. The predicted octanol–water partition coefficient (Wildman–Crippen LogP) is 4.79. The van der Waals surface area contributed by atoms with E-state index in [1.807, 2.05) is 12.1 Å². The molecule has 0 aliphatic heterocycles. The summed E-state index contributed by atoms with van der Waals surface area (Å²) in [5, 5.41) is 2.07. The second-order valence-electron chi connectivity index (χ2n) is 5.32. The van der Waals surface area contributed by atoms with Crippen LogP contribution in [0.15, 0.2) is 40.1 Å². The lowest BCUT2D eigenvalue weighted by Crippen LogP contribution is -2.10. The van der Waals surface area contributed by atoms with Gasteiger partial charge in [0.1, 0.15) is 16.2 Å². The maximum absolute atomic E-state index is 10.9. The van der Waals surface area contributed by atoms with Crippen molar-refractivity contribution in [2.45, 2.75) is 24.8 Å². The number of rotatable bonds is 6. The molecule has 0 saturated carbocycles. The minimum Gasteiger partial charge on any atom is -0.370 e. The van der Waals surface area contributed by atoms with Gasteiger partial charge in [-0.15, -0.1) is 23.1 Å². The third-order valence-corrected chi connectivity index (χ3v) is 6.19. The Labute approximate surface area is 157 Å². The summed E-state index contributed by atoms with van der Waals surface area (Å²) in [7, 11) is 0. The first kappa shape index (κ1) is 17.4. The van der Waals surface area contributed by atoms with Gasteiger partial charge in [0.15, 0.2) is 0 Å². The molecular weight excluding hydrogens is 406 g/mol. The van der Waals surface area contributed by atoms with Gasteiger partial charge in [-0.05, 0) is 31.0 Å². The van der Waals surface area contributed by atoms with Gasteiger partial charge in [-0.25, -0.2) is 9.97 Å². The summed E-state index contributed by atoms with van der Waals surface area (Å²) in [6, 6.07) is 8.30. The molecule has 4 nitrogen and oxygen atoms in total. The molecule has 0 fully saturated rings. The highest BCUT2D eigenvalue weighted by Gasteiger charge is 2.16. The van der Waals surface area contributed by atoms with Gasteiger partial charge in [0.2, 0.25) is 5.91 Å². The highest BCUT2D eigenvalue weighted by Crippen LogP contribution is 2.41. The van der Waals surface area contributed by atoms with E-state index in [4.69, 9.17) is 5.73 Å². The number of nitrogens with zero attached hydrogens (tertiary/aromatic N) is 2. The molecular formula is C17H16BrN3OS2. The minimum atomic E-state index is -0.259. The molecule has 3 rings (SSSR count). The molecule has 1 aromatic carbocycles. The fourth-order valence-corrected chi connectivity index (χ4v) is 4.79. The maximum atomic E-state index is 10.9. The Morgan fingerprint density at radius 3 is 2.75 bits per heavy atom. The number of hydrogen-bond acceptors (Lipinski definition) is 5. The fourth-order valence-electron chi connectivity index (χ4n) is 2.51. The maximum Gasteiger partial charge on any atom is 0.217 e. The van der Waals surface area contributed by atoms with Crippen LogP contribution in [-0.4, -0.2) is 21.6 Å². The molecule has 1 amide bonds. The minimum absolute atomic E-state index is 0.259. The average Bonchev–Trinajstić information content (AvgIpc) is 2.89. The van der Waals surface area contributed by atoms with Crippen LogP contribution in [-0.2, 0) is 4.79 Å². The van der Waals surface area contributed by atoms with Crippen LogP contribution in [0.4, 0.5) is 0 Å². The third kappa shape index (κ3) is 3.79. The number of carbonyl (C=O) groups excluding carboxylic acids is 1. The van der Waals surface area contributed by atoms with Crippen molar-refractivity contribution in [3.05, 3.63) is 39.9 Å². The van der Waals surface area contributed by atoms with E-state index < -0.39 is 0 Å². The van der Waals surface area contributed by atoms with E-state index in [-0.39, 0.29) is 5.91 Å². The number of amides is 1. The van der Waals surface area contributed by atoms with E-state index in [1.165, 1.54) is 10.4 Å². The Balaban J connectivity index is 1.98. The van der Waals surface area contributed by atoms with Crippen molar-refractivity contribution in [1.82, 2.24) is 9.97 Å². The lowest BCUT2D eigenvalue weighted by atomic mass is 10.0. The molecule has 2 N–H and O–H groups in total. The van der Waals surface area contributed by atoms with Crippen molar-refractivity contribution in [1.29, 1.82) is 0 Å². The van der Waals surface area contributed by atoms with E-state index >= 15 is 0 Å². The number of nitrogens with two attached hydrogens (primary N) is 1. The molecule has 0 saturated heterocycles. The van der Waals surface area contributed by atoms with Gasteiger partial charge in [-0.1, -0.05) is 28.1 Å². The summed E-state index contributed by atoms with van der Waals surface area (Å²) in [6.45, 7) is 2.12. The standard InChI is InChI=1S/C17H16BrN3OS2/c1-10-14(11-4-6-12(18)7-5-11)15-16(20-9-21-17(15)24-10)23-8-2-3-13(19)22/h4-7,9H,2-3,8H2,1H3,(H2,19,22). The number of hydrogen-bond donors (Lipinski definition) is 1. The quantitative estimate of drug-likeness (QED) is 0.352. The number of aryl methyl sites for hydroxylation is 1. The van der Waals surface area contributed by atoms with Crippen LogP contribution in [0.25, 0.3) is 21.3 Å². The molecule has 0 spiro atoms. The first-order valence-electron chi connectivity index (χ1n) is 7.47. The van der Waals surface area contributed by atoms with Gasteiger partial charge < -0.3 is 5.73 Å². The zero-order chi connectivity index (χ0) is 17.1. The van der Waals surface area contributed by atoms with E-state index in [0.29, 0.717) is 6.42 Å². The lowest BCUT2D eigenvalue weighted by molar-refractivity contribution is -0.118. The number of thiophene rings is 1. The van der Waals surface area contributed by atoms with Gasteiger partial charge in [0.25, 0.3) is 0 Å². The van der Waals surface area contributed by atoms with Gasteiger partial charge >= 0.3 is 0 Å². The van der Waals surface area contributed by atoms with Gasteiger partial charge in [-0.2, -0.15) is 0 Å². The second kappa shape index (κ2) is 7.63. The fraction of sp³-hybridized carbons (Fsp3) is 0.235. The predicted molar refractivity (Wildman–Crippen MR) is 104 cm³/mol. The molecule has 0 atom stereocenters. The monoisotopic (exact) mass is 421 g/mol. The summed E-state index contributed by atoms with van der Waals surface area (Å²) in [4.78, 5) is 22.0. The third-order valence-electron chi connectivity index (χ3n) is 3.57. The van der Waals surface area contributed by atoms with Crippen molar-refractivity contribution in [2.24, 2.45) is 5.73 Å². The number of fused-ring (bicyclic) bond motifs is 1. The number of primary amides is 1. The van der Waals surface area contributed by atoms with E-state index in [2.05, 4.69) is 45.0 Å². The smallest absolute Gasteiger partial charge is 0.217 e. The van der Waals surface area contributed by atoms with Crippen molar-refractivity contribution in [3.8, 4) is 11.1 Å². The van der Waals surface area contributed by atoms with Crippen LogP contribution < -0.4 is 5.73 Å². The van der Waals surface area contributed by atoms with Crippen molar-refractivity contribution >= 4 is 55.2 Å². The molecule has 24 heavy (non-hydrogen) atoms. The largest absolute Gasteiger partial charge is 0.370 e. The molecule has 0 unspecified atom stereocenters. The lowest BCUT2D eigenvalue weighted by Gasteiger charge is -2.06.